The summed E-state index contributed by atoms with van der Waals surface area (Å²) in [6.45, 7) is 0.452. The van der Waals surface area contributed by atoms with Gasteiger partial charge in [0.15, 0.2) is 16.7 Å². The van der Waals surface area contributed by atoms with Crippen molar-refractivity contribution in [2.75, 3.05) is 7.11 Å². The van der Waals surface area contributed by atoms with E-state index in [-0.39, 0.29) is 19.1 Å². The van der Waals surface area contributed by atoms with Crippen LogP contribution in [0.5, 0.6) is 11.5 Å². The monoisotopic (exact) mass is 625 g/mol. The second-order valence-corrected chi connectivity index (χ2v) is 11.0. The number of hydrogen-bond donors (Lipinski definition) is 0. The fraction of sp³-hybridized carbons (Fsp3) is 0.100. The predicted octanol–water partition coefficient (Wildman–Crippen LogP) is 8.33. The minimum absolute atomic E-state index is 0.217. The summed E-state index contributed by atoms with van der Waals surface area (Å²) in [6, 6.07) is 21.4. The summed E-state index contributed by atoms with van der Waals surface area (Å²) in [6.07, 6.45) is 4.93. The van der Waals surface area contributed by atoms with Crippen molar-refractivity contribution >= 4 is 69.9 Å². The minimum Gasteiger partial charge on any atom is -0.493 e. The van der Waals surface area contributed by atoms with Crippen molar-refractivity contribution in [3.05, 3.63) is 121 Å². The Morgan fingerprint density at radius 3 is 2.46 bits per heavy atom. The van der Waals surface area contributed by atoms with Crippen molar-refractivity contribution < 1.29 is 18.7 Å². The zero-order valence-electron chi connectivity index (χ0n) is 21.6. The summed E-state index contributed by atoms with van der Waals surface area (Å²) in [5, 5.41) is 10.7. The lowest BCUT2D eigenvalue weighted by atomic mass is 10.1. The molecule has 3 aromatic carbocycles. The van der Waals surface area contributed by atoms with Crippen LogP contribution in [0.1, 0.15) is 22.5 Å². The molecule has 1 fully saturated rings. The maximum absolute atomic E-state index is 13.4. The van der Waals surface area contributed by atoms with E-state index in [1.807, 2.05) is 24.3 Å². The Kier molecular flexibility index (Phi) is 9.36. The fourth-order valence-corrected chi connectivity index (χ4v) is 5.34. The van der Waals surface area contributed by atoms with Crippen LogP contribution < -0.4 is 9.47 Å². The Bertz CT molecular complexity index is 1640. The van der Waals surface area contributed by atoms with Crippen molar-refractivity contribution in [2.24, 2.45) is 10.2 Å². The Hall–Kier alpha value is -3.69. The fourth-order valence-electron chi connectivity index (χ4n) is 3.81. The van der Waals surface area contributed by atoms with E-state index in [0.717, 1.165) is 16.7 Å². The Balaban J connectivity index is 1.36. The van der Waals surface area contributed by atoms with Gasteiger partial charge in [-0.25, -0.2) is 0 Å². The first-order chi connectivity index (χ1) is 19.9. The third kappa shape index (κ3) is 7.34. The van der Waals surface area contributed by atoms with Crippen LogP contribution in [0.2, 0.25) is 15.1 Å². The number of furan rings is 1. The number of nitrogens with zero attached hydrogens (tertiary/aromatic N) is 3. The normalized spacial score (nSPS) is 15.4. The highest BCUT2D eigenvalue weighted by Crippen LogP contribution is 2.36. The van der Waals surface area contributed by atoms with Crippen LogP contribution in [0.25, 0.3) is 6.08 Å². The summed E-state index contributed by atoms with van der Waals surface area (Å²) in [4.78, 5) is 15.4. The highest BCUT2D eigenvalue weighted by Gasteiger charge is 2.34. The van der Waals surface area contributed by atoms with Crippen molar-refractivity contribution in [1.82, 2.24) is 4.90 Å². The largest absolute Gasteiger partial charge is 0.493 e. The average molecular weight is 627 g/mol. The number of thioether (sulfide) groups is 1. The number of ether oxygens (including phenoxy) is 2. The molecule has 1 aliphatic heterocycles. The number of carbonyl (C=O) groups excluding carboxylic acids is 1. The molecule has 1 aliphatic rings. The molecule has 208 valence electrons. The van der Waals surface area contributed by atoms with Crippen LogP contribution in [-0.2, 0) is 17.9 Å². The number of methoxy groups -OCH3 is 1. The first-order valence-electron chi connectivity index (χ1n) is 12.2. The quantitative estimate of drug-likeness (QED) is 0.106. The molecule has 41 heavy (non-hydrogen) atoms. The second-order valence-electron chi connectivity index (χ2n) is 8.69. The van der Waals surface area contributed by atoms with Crippen LogP contribution in [0.4, 0.5) is 0 Å². The molecule has 0 N–H and O–H groups in total. The number of amides is 1. The van der Waals surface area contributed by atoms with Gasteiger partial charge in [0, 0.05) is 20.6 Å². The molecule has 0 bridgehead atoms. The maximum Gasteiger partial charge on any atom is 0.267 e. The van der Waals surface area contributed by atoms with Gasteiger partial charge >= 0.3 is 0 Å². The number of halogens is 3. The van der Waals surface area contributed by atoms with Gasteiger partial charge in [-0.3, -0.25) is 9.69 Å². The zero-order chi connectivity index (χ0) is 28.8. The van der Waals surface area contributed by atoms with E-state index >= 15 is 0 Å². The van der Waals surface area contributed by atoms with E-state index < -0.39 is 0 Å². The van der Waals surface area contributed by atoms with Gasteiger partial charge in [0.1, 0.15) is 12.4 Å². The molecule has 0 aliphatic carbocycles. The number of hydrogen-bond acceptors (Lipinski definition) is 7. The summed E-state index contributed by atoms with van der Waals surface area (Å²) >= 11 is 19.4. The number of rotatable bonds is 9. The van der Waals surface area contributed by atoms with Gasteiger partial charge in [-0.1, -0.05) is 59.1 Å². The molecule has 0 radical (unpaired) electrons. The molecule has 2 heterocycles. The standard InChI is InChI=1S/C30H22Cl3N3O4S/c1-38-27-13-20(6-11-26(27)40-18-21-7-10-23(32)15-25(21)33)14-28-29(37)36(17-24-3-2-12-39-24)30(41-28)35-34-16-19-4-8-22(31)9-5-19/h2-16H,17-18H2,1H3/b28-14-,34-16+,35-30-. The first-order valence-corrected chi connectivity index (χ1v) is 14.2. The molecule has 0 spiro atoms. The number of amidine groups is 1. The summed E-state index contributed by atoms with van der Waals surface area (Å²) < 4.78 is 17.0. The molecule has 0 saturated carbocycles. The van der Waals surface area contributed by atoms with E-state index in [2.05, 4.69) is 10.2 Å². The van der Waals surface area contributed by atoms with E-state index in [4.69, 9.17) is 48.7 Å². The van der Waals surface area contributed by atoms with Crippen molar-refractivity contribution in [1.29, 1.82) is 0 Å². The smallest absolute Gasteiger partial charge is 0.267 e. The van der Waals surface area contributed by atoms with Gasteiger partial charge in [0.25, 0.3) is 5.91 Å². The summed E-state index contributed by atoms with van der Waals surface area (Å²) in [5.41, 5.74) is 2.37. The molecule has 1 saturated heterocycles. The van der Waals surface area contributed by atoms with Gasteiger partial charge in [0.05, 0.1) is 31.0 Å². The molecule has 1 amide bonds. The van der Waals surface area contributed by atoms with Crippen molar-refractivity contribution in [2.45, 2.75) is 13.2 Å². The number of carbonyl (C=O) groups is 1. The van der Waals surface area contributed by atoms with Gasteiger partial charge < -0.3 is 13.9 Å². The molecule has 0 atom stereocenters. The lowest BCUT2D eigenvalue weighted by molar-refractivity contribution is -0.122. The molecule has 5 rings (SSSR count). The Morgan fingerprint density at radius 2 is 1.73 bits per heavy atom. The van der Waals surface area contributed by atoms with E-state index in [1.165, 1.54) is 16.7 Å². The lowest BCUT2D eigenvalue weighted by Gasteiger charge is -2.13. The second kappa shape index (κ2) is 13.3. The van der Waals surface area contributed by atoms with Crippen LogP contribution in [-0.4, -0.2) is 29.3 Å². The van der Waals surface area contributed by atoms with Crippen molar-refractivity contribution in [3.63, 3.8) is 0 Å². The van der Waals surface area contributed by atoms with Crippen LogP contribution >= 0.6 is 46.6 Å². The van der Waals surface area contributed by atoms with Crippen LogP contribution in [0, 0.1) is 0 Å². The first kappa shape index (κ1) is 28.8. The third-order valence-electron chi connectivity index (χ3n) is 5.89. The third-order valence-corrected chi connectivity index (χ3v) is 7.72. The SMILES string of the molecule is COc1cc(/C=C2\S/C(=N\N=C\c3ccc(Cl)cc3)N(Cc3ccco3)C2=O)ccc1OCc1ccc(Cl)cc1Cl. The molecule has 4 aromatic rings. The van der Waals surface area contributed by atoms with Gasteiger partial charge in [-0.05, 0) is 77.5 Å². The Morgan fingerprint density at radius 1 is 0.951 bits per heavy atom. The van der Waals surface area contributed by atoms with Crippen LogP contribution in [0.15, 0.2) is 98.6 Å². The maximum atomic E-state index is 13.4. The van der Waals surface area contributed by atoms with E-state index in [9.17, 15) is 4.79 Å². The summed E-state index contributed by atoms with van der Waals surface area (Å²) in [5.74, 6) is 1.44. The number of benzene rings is 3. The molecular formula is C30H22Cl3N3O4S. The predicted molar refractivity (Wildman–Crippen MR) is 165 cm³/mol. The summed E-state index contributed by atoms with van der Waals surface area (Å²) in [7, 11) is 1.55. The highest BCUT2D eigenvalue weighted by molar-refractivity contribution is 8.18. The minimum atomic E-state index is -0.219. The molecule has 1 aromatic heterocycles. The molecule has 7 nitrogen and oxygen atoms in total. The van der Waals surface area contributed by atoms with Gasteiger partial charge in [-0.2, -0.15) is 5.10 Å². The molecule has 0 unspecified atom stereocenters. The topological polar surface area (TPSA) is 76.6 Å². The van der Waals surface area contributed by atoms with Crippen molar-refractivity contribution in [3.8, 4) is 11.5 Å². The van der Waals surface area contributed by atoms with Gasteiger partial charge in [-0.15, -0.1) is 5.10 Å². The van der Waals surface area contributed by atoms with Gasteiger partial charge in [0.2, 0.25) is 0 Å². The zero-order valence-corrected chi connectivity index (χ0v) is 24.7. The lowest BCUT2D eigenvalue weighted by Crippen LogP contribution is -2.28. The van der Waals surface area contributed by atoms with E-state index in [0.29, 0.717) is 42.4 Å². The Labute approximate surface area is 256 Å². The molecule has 11 heteroatoms. The molecular weight excluding hydrogens is 605 g/mol. The van der Waals surface area contributed by atoms with Crippen LogP contribution in [0.3, 0.4) is 0 Å². The highest BCUT2D eigenvalue weighted by atomic mass is 35.5. The van der Waals surface area contributed by atoms with E-state index in [1.54, 1.807) is 74.2 Å². The average Bonchev–Trinajstić information content (AvgIpc) is 3.58.